The Kier molecular flexibility index (Phi) is 8.11. The number of benzene rings is 2. The van der Waals surface area contributed by atoms with Gasteiger partial charge in [-0.15, -0.1) is 0 Å². The van der Waals surface area contributed by atoms with E-state index in [1.807, 2.05) is 6.07 Å². The molecule has 0 radical (unpaired) electrons. The number of aryl methyl sites for hydroxylation is 2. The van der Waals surface area contributed by atoms with Gasteiger partial charge in [0.15, 0.2) is 6.61 Å². The summed E-state index contributed by atoms with van der Waals surface area (Å²) in [5, 5.41) is 13.3. The number of carboxylic acid groups (broad SMARTS) is 1. The van der Waals surface area contributed by atoms with Crippen LogP contribution in [0.3, 0.4) is 0 Å². The molecule has 1 aromatic heterocycles. The summed E-state index contributed by atoms with van der Waals surface area (Å²) in [4.78, 5) is 36.0. The molecule has 1 amide bonds. The Morgan fingerprint density at radius 2 is 1.91 bits per heavy atom. The number of ether oxygens (including phenoxy) is 1. The molecule has 0 saturated carbocycles. The minimum atomic E-state index is -1.15. The molecule has 0 fully saturated rings. The van der Waals surface area contributed by atoms with E-state index in [0.29, 0.717) is 21.9 Å². The molecule has 0 aliphatic rings. The Labute approximate surface area is 196 Å². The van der Waals surface area contributed by atoms with E-state index < -0.39 is 23.5 Å². The van der Waals surface area contributed by atoms with Crippen molar-refractivity contribution in [1.82, 2.24) is 5.32 Å². The zero-order valence-electron chi connectivity index (χ0n) is 18.5. The highest BCUT2D eigenvalue weighted by atomic mass is 35.5. The number of unbranched alkanes of at least 4 members (excludes halogenated alkanes) is 1. The number of fused-ring (bicyclic) bond motifs is 1. The van der Waals surface area contributed by atoms with E-state index in [1.165, 1.54) is 6.07 Å². The summed E-state index contributed by atoms with van der Waals surface area (Å²) < 4.78 is 11.0. The SMILES string of the molecule is CCCCc1cc(=O)oc2c(C)c(OCC(=O)N[C@H](Cc3ccc(Cl)cc3)C(=O)O)ccc12. The molecule has 33 heavy (non-hydrogen) atoms. The Bertz CT molecular complexity index is 1200. The highest BCUT2D eigenvalue weighted by molar-refractivity contribution is 6.30. The topological polar surface area (TPSA) is 106 Å². The Balaban J connectivity index is 1.70. The van der Waals surface area contributed by atoms with E-state index in [2.05, 4.69) is 12.2 Å². The largest absolute Gasteiger partial charge is 0.483 e. The molecule has 0 aliphatic carbocycles. The summed E-state index contributed by atoms with van der Waals surface area (Å²) >= 11 is 5.86. The predicted octanol–water partition coefficient (Wildman–Crippen LogP) is 4.29. The van der Waals surface area contributed by atoms with Gasteiger partial charge in [-0.1, -0.05) is 37.1 Å². The van der Waals surface area contributed by atoms with Crippen molar-refractivity contribution in [3.05, 3.63) is 74.6 Å². The van der Waals surface area contributed by atoms with Gasteiger partial charge < -0.3 is 19.6 Å². The molecule has 2 N–H and O–H groups in total. The van der Waals surface area contributed by atoms with Gasteiger partial charge in [0, 0.05) is 28.5 Å². The van der Waals surface area contributed by atoms with Crippen molar-refractivity contribution in [2.45, 2.75) is 45.6 Å². The Morgan fingerprint density at radius 3 is 2.58 bits per heavy atom. The van der Waals surface area contributed by atoms with E-state index in [1.54, 1.807) is 37.3 Å². The first-order valence-corrected chi connectivity index (χ1v) is 11.1. The number of hydrogen-bond acceptors (Lipinski definition) is 5. The molecule has 0 aliphatic heterocycles. The zero-order chi connectivity index (χ0) is 24.0. The molecule has 0 unspecified atom stereocenters. The van der Waals surface area contributed by atoms with Gasteiger partial charge in [0.2, 0.25) is 0 Å². The minimum Gasteiger partial charge on any atom is -0.483 e. The fourth-order valence-electron chi connectivity index (χ4n) is 3.57. The smallest absolute Gasteiger partial charge is 0.336 e. The molecule has 2 aromatic carbocycles. The van der Waals surface area contributed by atoms with Crippen molar-refractivity contribution >= 4 is 34.4 Å². The van der Waals surface area contributed by atoms with Gasteiger partial charge in [-0.3, -0.25) is 4.79 Å². The molecule has 1 atom stereocenters. The fraction of sp³-hybridized carbons (Fsp3) is 0.320. The maximum atomic E-state index is 12.4. The van der Waals surface area contributed by atoms with Crippen molar-refractivity contribution in [3.8, 4) is 5.75 Å². The van der Waals surface area contributed by atoms with Crippen LogP contribution >= 0.6 is 11.6 Å². The van der Waals surface area contributed by atoms with Crippen molar-refractivity contribution in [3.63, 3.8) is 0 Å². The maximum absolute atomic E-state index is 12.4. The van der Waals surface area contributed by atoms with E-state index in [0.717, 1.165) is 35.8 Å². The number of carboxylic acids is 1. The summed E-state index contributed by atoms with van der Waals surface area (Å²) in [6.45, 7) is 3.46. The molecule has 1 heterocycles. The van der Waals surface area contributed by atoms with Crippen LogP contribution in [0.2, 0.25) is 5.02 Å². The average molecular weight is 472 g/mol. The second kappa shape index (κ2) is 11.0. The number of nitrogens with one attached hydrogen (secondary N) is 1. The third-order valence-corrected chi connectivity index (χ3v) is 5.59. The molecule has 7 nitrogen and oxygen atoms in total. The maximum Gasteiger partial charge on any atom is 0.336 e. The third-order valence-electron chi connectivity index (χ3n) is 5.34. The molecule has 0 spiro atoms. The van der Waals surface area contributed by atoms with Crippen LogP contribution in [-0.2, 0) is 22.4 Å². The number of amides is 1. The van der Waals surface area contributed by atoms with E-state index >= 15 is 0 Å². The predicted molar refractivity (Wildman–Crippen MR) is 126 cm³/mol. The summed E-state index contributed by atoms with van der Waals surface area (Å²) in [5.74, 6) is -1.34. The summed E-state index contributed by atoms with van der Waals surface area (Å²) in [6.07, 6.45) is 2.84. The van der Waals surface area contributed by atoms with Crippen molar-refractivity contribution in [2.24, 2.45) is 0 Å². The first kappa shape index (κ1) is 24.3. The van der Waals surface area contributed by atoms with Gasteiger partial charge in [-0.25, -0.2) is 9.59 Å². The molecule has 0 saturated heterocycles. The van der Waals surface area contributed by atoms with Gasteiger partial charge in [0.25, 0.3) is 5.91 Å². The van der Waals surface area contributed by atoms with Crippen LogP contribution in [0.25, 0.3) is 11.0 Å². The summed E-state index contributed by atoms with van der Waals surface area (Å²) in [6, 6.07) is 10.7. The molecule has 174 valence electrons. The van der Waals surface area contributed by atoms with Crippen LogP contribution in [0, 0.1) is 6.92 Å². The van der Waals surface area contributed by atoms with Crippen LogP contribution in [0.15, 0.2) is 51.7 Å². The van der Waals surface area contributed by atoms with Crippen molar-refractivity contribution < 1.29 is 23.8 Å². The summed E-state index contributed by atoms with van der Waals surface area (Å²) in [7, 11) is 0. The van der Waals surface area contributed by atoms with Crippen LogP contribution in [0.5, 0.6) is 5.75 Å². The highest BCUT2D eigenvalue weighted by Crippen LogP contribution is 2.29. The van der Waals surface area contributed by atoms with E-state index in [4.69, 9.17) is 20.8 Å². The number of rotatable bonds is 10. The molecule has 3 aromatic rings. The highest BCUT2D eigenvalue weighted by Gasteiger charge is 2.21. The van der Waals surface area contributed by atoms with Crippen LogP contribution in [-0.4, -0.2) is 29.6 Å². The van der Waals surface area contributed by atoms with Gasteiger partial charge in [0.05, 0.1) is 0 Å². The minimum absolute atomic E-state index is 0.110. The zero-order valence-corrected chi connectivity index (χ0v) is 19.3. The van der Waals surface area contributed by atoms with E-state index in [9.17, 15) is 19.5 Å². The van der Waals surface area contributed by atoms with Crippen LogP contribution < -0.4 is 15.7 Å². The first-order chi connectivity index (χ1) is 15.8. The normalized spacial score (nSPS) is 11.8. The van der Waals surface area contributed by atoms with Gasteiger partial charge in [-0.05, 0) is 55.2 Å². The van der Waals surface area contributed by atoms with Crippen LogP contribution in [0.1, 0.15) is 36.5 Å². The number of carbonyl (C=O) groups is 2. The van der Waals surface area contributed by atoms with Crippen molar-refractivity contribution in [2.75, 3.05) is 6.61 Å². The standard InChI is InChI=1S/C25H26ClNO6/c1-3-4-5-17-13-23(29)33-24-15(2)21(11-10-19(17)24)32-14-22(28)27-20(25(30)31)12-16-6-8-18(26)9-7-16/h6-11,13,20H,3-5,12,14H2,1-2H3,(H,27,28)(H,30,31)/t20-/m1/s1. The molecular formula is C25H26ClNO6. The van der Waals surface area contributed by atoms with Crippen molar-refractivity contribution in [1.29, 1.82) is 0 Å². The quantitative estimate of drug-likeness (QED) is 0.427. The van der Waals surface area contributed by atoms with Gasteiger partial charge >= 0.3 is 11.6 Å². The molecule has 0 bridgehead atoms. The fourth-order valence-corrected chi connectivity index (χ4v) is 3.70. The third kappa shape index (κ3) is 6.35. The average Bonchev–Trinajstić information content (AvgIpc) is 2.78. The lowest BCUT2D eigenvalue weighted by molar-refractivity contribution is -0.142. The molecule has 8 heteroatoms. The Morgan fingerprint density at radius 1 is 1.18 bits per heavy atom. The van der Waals surface area contributed by atoms with Gasteiger partial charge in [0.1, 0.15) is 17.4 Å². The first-order valence-electron chi connectivity index (χ1n) is 10.7. The monoisotopic (exact) mass is 471 g/mol. The number of halogens is 1. The Hall–Kier alpha value is -3.32. The number of carbonyl (C=O) groups excluding carboxylic acids is 1. The van der Waals surface area contributed by atoms with Gasteiger partial charge in [-0.2, -0.15) is 0 Å². The second-order valence-electron chi connectivity index (χ2n) is 7.84. The lowest BCUT2D eigenvalue weighted by Gasteiger charge is -2.16. The summed E-state index contributed by atoms with van der Waals surface area (Å²) in [5.41, 5.74) is 2.25. The number of hydrogen-bond donors (Lipinski definition) is 2. The lowest BCUT2D eigenvalue weighted by Crippen LogP contribution is -2.44. The molecule has 3 rings (SSSR count). The molecular weight excluding hydrogens is 446 g/mol. The number of aliphatic carboxylic acids is 1. The van der Waals surface area contributed by atoms with E-state index in [-0.39, 0.29) is 13.0 Å². The second-order valence-corrected chi connectivity index (χ2v) is 8.27. The lowest BCUT2D eigenvalue weighted by atomic mass is 10.0. The van der Waals surface area contributed by atoms with Crippen LogP contribution in [0.4, 0.5) is 0 Å².